The van der Waals surface area contributed by atoms with Crippen LogP contribution >= 0.6 is 0 Å². The Morgan fingerprint density at radius 3 is 2.67 bits per heavy atom. The number of nitrogens with one attached hydrogen (secondary N) is 3. The Hall–Kier alpha value is -1.75. The summed E-state index contributed by atoms with van der Waals surface area (Å²) in [7, 11) is 0. The van der Waals surface area contributed by atoms with Gasteiger partial charge in [-0.3, -0.25) is 0 Å². The minimum Gasteiger partial charge on any atom is -0.385 e. The first-order valence-electron chi connectivity index (χ1n) is 6.26. The number of hydrogen-bond donors (Lipinski definition) is 4. The van der Waals surface area contributed by atoms with Crippen LogP contribution in [0.3, 0.4) is 0 Å². The molecule has 18 heavy (non-hydrogen) atoms. The Kier molecular flexibility index (Phi) is 3.72. The molecule has 1 atom stereocenters. The van der Waals surface area contributed by atoms with Crippen LogP contribution in [-0.4, -0.2) is 23.1 Å². The number of aromatic amines is 2. The van der Waals surface area contributed by atoms with Crippen molar-refractivity contribution in [2.45, 2.75) is 13.8 Å². The van der Waals surface area contributed by atoms with E-state index in [1.165, 1.54) is 0 Å². The van der Waals surface area contributed by atoms with Crippen molar-refractivity contribution in [1.82, 2.24) is 9.97 Å². The molecule has 2 rings (SSSR count). The smallest absolute Gasteiger partial charge is 0.323 e. The first-order chi connectivity index (χ1) is 8.60. The molecular weight excluding hydrogens is 228 g/mol. The number of aromatic nitrogens is 2. The lowest BCUT2D eigenvalue weighted by Gasteiger charge is -2.19. The van der Waals surface area contributed by atoms with Crippen molar-refractivity contribution in [3.63, 3.8) is 0 Å². The van der Waals surface area contributed by atoms with E-state index in [1.807, 2.05) is 18.2 Å². The van der Waals surface area contributed by atoms with Crippen LogP contribution in [-0.2, 0) is 0 Å². The molecule has 0 saturated carbocycles. The summed E-state index contributed by atoms with van der Waals surface area (Å²) < 4.78 is 0. The molecule has 1 heterocycles. The van der Waals surface area contributed by atoms with Gasteiger partial charge in [-0.25, -0.2) is 4.79 Å². The summed E-state index contributed by atoms with van der Waals surface area (Å²) in [5.41, 5.74) is 8.20. The number of fused-ring (bicyclic) bond motifs is 1. The molecule has 1 aromatic heterocycles. The fourth-order valence-electron chi connectivity index (χ4n) is 1.98. The zero-order valence-corrected chi connectivity index (χ0v) is 10.8. The largest absolute Gasteiger partial charge is 0.385 e. The van der Waals surface area contributed by atoms with Crippen molar-refractivity contribution >= 4 is 16.7 Å². The second kappa shape index (κ2) is 5.27. The van der Waals surface area contributed by atoms with Crippen LogP contribution in [0.5, 0.6) is 0 Å². The third kappa shape index (κ3) is 2.73. The molecule has 5 heteroatoms. The molecule has 0 radical (unpaired) electrons. The maximum atomic E-state index is 11.2. The highest BCUT2D eigenvalue weighted by molar-refractivity contribution is 5.78. The monoisotopic (exact) mass is 248 g/mol. The zero-order valence-electron chi connectivity index (χ0n) is 10.8. The van der Waals surface area contributed by atoms with Crippen LogP contribution in [0.1, 0.15) is 13.8 Å². The molecule has 5 nitrogen and oxygen atoms in total. The SMILES string of the molecule is CC(C)C(CN)CNc1ccc2[nH]c(=O)[nH]c2c1. The summed E-state index contributed by atoms with van der Waals surface area (Å²) in [5, 5.41) is 3.36. The summed E-state index contributed by atoms with van der Waals surface area (Å²) in [5.74, 6) is 1.00. The average molecular weight is 248 g/mol. The van der Waals surface area contributed by atoms with E-state index in [-0.39, 0.29) is 5.69 Å². The van der Waals surface area contributed by atoms with Crippen LogP contribution in [0.15, 0.2) is 23.0 Å². The van der Waals surface area contributed by atoms with E-state index in [2.05, 4.69) is 29.1 Å². The van der Waals surface area contributed by atoms with Crippen LogP contribution < -0.4 is 16.7 Å². The molecule has 5 N–H and O–H groups in total. The van der Waals surface area contributed by atoms with Crippen LogP contribution in [0.2, 0.25) is 0 Å². The summed E-state index contributed by atoms with van der Waals surface area (Å²) >= 11 is 0. The minimum absolute atomic E-state index is 0.177. The molecule has 0 fully saturated rings. The van der Waals surface area contributed by atoms with Crippen molar-refractivity contribution in [2.75, 3.05) is 18.4 Å². The third-order valence-corrected chi connectivity index (χ3v) is 3.33. The van der Waals surface area contributed by atoms with E-state index in [4.69, 9.17) is 5.73 Å². The van der Waals surface area contributed by atoms with Crippen LogP contribution in [0.25, 0.3) is 11.0 Å². The Balaban J connectivity index is 2.09. The van der Waals surface area contributed by atoms with Gasteiger partial charge in [-0.05, 0) is 36.6 Å². The van der Waals surface area contributed by atoms with Crippen molar-refractivity contribution in [3.05, 3.63) is 28.7 Å². The van der Waals surface area contributed by atoms with Gasteiger partial charge < -0.3 is 21.0 Å². The van der Waals surface area contributed by atoms with E-state index in [0.29, 0.717) is 18.4 Å². The Bertz CT molecular complexity index is 570. The molecule has 0 bridgehead atoms. The van der Waals surface area contributed by atoms with Crippen molar-refractivity contribution in [3.8, 4) is 0 Å². The molecule has 1 unspecified atom stereocenters. The topological polar surface area (TPSA) is 86.7 Å². The average Bonchev–Trinajstić information content (AvgIpc) is 2.68. The maximum absolute atomic E-state index is 11.2. The number of hydrogen-bond acceptors (Lipinski definition) is 3. The normalized spacial score (nSPS) is 13.1. The Labute approximate surface area is 106 Å². The van der Waals surface area contributed by atoms with Gasteiger partial charge in [0.25, 0.3) is 0 Å². The van der Waals surface area contributed by atoms with Gasteiger partial charge in [0.15, 0.2) is 0 Å². The first-order valence-corrected chi connectivity index (χ1v) is 6.26. The number of nitrogens with two attached hydrogens (primary N) is 1. The predicted molar refractivity (Wildman–Crippen MR) is 74.8 cm³/mol. The fraction of sp³-hybridized carbons (Fsp3) is 0.462. The molecule has 0 saturated heterocycles. The van der Waals surface area contributed by atoms with Gasteiger partial charge >= 0.3 is 5.69 Å². The lowest BCUT2D eigenvalue weighted by Crippen LogP contribution is -2.27. The second-order valence-corrected chi connectivity index (χ2v) is 4.96. The molecule has 0 aliphatic carbocycles. The molecule has 2 aromatic rings. The molecule has 0 aliphatic rings. The highest BCUT2D eigenvalue weighted by Gasteiger charge is 2.11. The zero-order chi connectivity index (χ0) is 13.1. The highest BCUT2D eigenvalue weighted by atomic mass is 16.1. The highest BCUT2D eigenvalue weighted by Crippen LogP contribution is 2.16. The third-order valence-electron chi connectivity index (χ3n) is 3.33. The van der Waals surface area contributed by atoms with Crippen LogP contribution in [0, 0.1) is 11.8 Å². The van der Waals surface area contributed by atoms with Gasteiger partial charge in [-0.1, -0.05) is 13.8 Å². The van der Waals surface area contributed by atoms with E-state index in [0.717, 1.165) is 23.3 Å². The lowest BCUT2D eigenvalue weighted by atomic mass is 9.96. The fourth-order valence-corrected chi connectivity index (χ4v) is 1.98. The molecular formula is C13H20N4O. The summed E-state index contributed by atoms with van der Waals surface area (Å²) in [6.45, 7) is 5.86. The van der Waals surface area contributed by atoms with Gasteiger partial charge in [-0.15, -0.1) is 0 Å². The number of imidazole rings is 1. The minimum atomic E-state index is -0.177. The summed E-state index contributed by atoms with van der Waals surface area (Å²) in [6, 6.07) is 5.78. The quantitative estimate of drug-likeness (QED) is 0.646. The van der Waals surface area contributed by atoms with Gasteiger partial charge in [0.1, 0.15) is 0 Å². The van der Waals surface area contributed by atoms with E-state index < -0.39 is 0 Å². The Morgan fingerprint density at radius 2 is 2.00 bits per heavy atom. The Morgan fingerprint density at radius 1 is 1.28 bits per heavy atom. The van der Waals surface area contributed by atoms with Gasteiger partial charge in [0.2, 0.25) is 0 Å². The number of H-pyrrole nitrogens is 2. The lowest BCUT2D eigenvalue weighted by molar-refractivity contribution is 0.413. The van der Waals surface area contributed by atoms with Gasteiger partial charge in [-0.2, -0.15) is 0 Å². The number of anilines is 1. The standard InChI is InChI=1S/C13H20N4O/c1-8(2)9(6-14)7-15-10-3-4-11-12(5-10)17-13(18)16-11/h3-5,8-9,15H,6-7,14H2,1-2H3,(H2,16,17,18). The summed E-state index contributed by atoms with van der Waals surface area (Å²) in [6.07, 6.45) is 0. The number of benzene rings is 1. The molecule has 0 amide bonds. The van der Waals surface area contributed by atoms with Crippen molar-refractivity contribution in [2.24, 2.45) is 17.6 Å². The second-order valence-electron chi connectivity index (χ2n) is 4.96. The molecule has 98 valence electrons. The van der Waals surface area contributed by atoms with E-state index in [9.17, 15) is 4.79 Å². The van der Waals surface area contributed by atoms with Gasteiger partial charge in [0.05, 0.1) is 11.0 Å². The van der Waals surface area contributed by atoms with E-state index in [1.54, 1.807) is 0 Å². The molecule has 0 spiro atoms. The van der Waals surface area contributed by atoms with E-state index >= 15 is 0 Å². The van der Waals surface area contributed by atoms with Crippen molar-refractivity contribution in [1.29, 1.82) is 0 Å². The molecule has 1 aromatic carbocycles. The van der Waals surface area contributed by atoms with Crippen molar-refractivity contribution < 1.29 is 0 Å². The predicted octanol–water partition coefficient (Wildman–Crippen LogP) is 1.50. The maximum Gasteiger partial charge on any atom is 0.323 e. The van der Waals surface area contributed by atoms with Crippen LogP contribution in [0.4, 0.5) is 5.69 Å². The first kappa shape index (κ1) is 12.7. The van der Waals surface area contributed by atoms with Gasteiger partial charge in [0, 0.05) is 12.2 Å². The summed E-state index contributed by atoms with van der Waals surface area (Å²) in [4.78, 5) is 16.6. The number of rotatable bonds is 5. The molecule has 0 aliphatic heterocycles.